The molecule has 3 rings (SSSR count). The highest BCUT2D eigenvalue weighted by Crippen LogP contribution is 2.47. The first kappa shape index (κ1) is 28.5. The van der Waals surface area contributed by atoms with Crippen LogP contribution < -0.4 is 9.80 Å². The Labute approximate surface area is 220 Å². The average Bonchev–Trinajstić information content (AvgIpc) is 2.66. The van der Waals surface area contributed by atoms with Crippen molar-refractivity contribution in [3.63, 3.8) is 0 Å². The molecule has 2 aliphatic rings. The molecule has 0 radical (unpaired) electrons. The highest BCUT2D eigenvalue weighted by molar-refractivity contribution is 6.28. The Morgan fingerprint density at radius 3 is 1.23 bits per heavy atom. The van der Waals surface area contributed by atoms with Gasteiger partial charge >= 0.3 is 0 Å². The van der Waals surface area contributed by atoms with Crippen molar-refractivity contribution in [2.24, 2.45) is 11.8 Å². The molecule has 0 amide bonds. The molecular weight excluding hydrogens is 454 g/mol. The number of halogens is 1. The zero-order valence-electron chi connectivity index (χ0n) is 24.3. The van der Waals surface area contributed by atoms with Gasteiger partial charge < -0.3 is 9.80 Å². The third-order valence-corrected chi connectivity index (χ3v) is 8.66. The van der Waals surface area contributed by atoms with Crippen LogP contribution in [0.15, 0.2) is 0 Å². The molecule has 6 heteroatoms. The standard InChI is InChI=1S/C29H52ClN5/c1-11-13-15-21-17-26(3,4)34(27(5,6)18-21)24-31-23(30)32-25(33-24)35-28(7,8)19-22(16-14-12-2)20-29(35,9)10/h21-22H,11-20H2,1-10H3. The first-order chi connectivity index (χ1) is 16.1. The minimum absolute atomic E-state index is 0.0553. The van der Waals surface area contributed by atoms with Gasteiger partial charge in [0.15, 0.2) is 0 Å². The van der Waals surface area contributed by atoms with E-state index in [1.54, 1.807) is 0 Å². The summed E-state index contributed by atoms with van der Waals surface area (Å²) in [5.41, 5.74) is -0.221. The van der Waals surface area contributed by atoms with Crippen molar-refractivity contribution in [1.29, 1.82) is 0 Å². The summed E-state index contributed by atoms with van der Waals surface area (Å²) in [5, 5.41) is 0.296. The first-order valence-electron chi connectivity index (χ1n) is 14.2. The van der Waals surface area contributed by atoms with Crippen LogP contribution >= 0.6 is 11.6 Å². The number of rotatable bonds is 8. The highest BCUT2D eigenvalue weighted by atomic mass is 35.5. The fourth-order valence-electron chi connectivity index (χ4n) is 7.98. The maximum absolute atomic E-state index is 6.64. The van der Waals surface area contributed by atoms with Gasteiger partial charge in [0.2, 0.25) is 17.2 Å². The predicted molar refractivity (Wildman–Crippen MR) is 151 cm³/mol. The van der Waals surface area contributed by atoms with Crippen molar-refractivity contribution in [2.75, 3.05) is 9.80 Å². The van der Waals surface area contributed by atoms with Gasteiger partial charge in [-0.25, -0.2) is 0 Å². The molecule has 2 aliphatic heterocycles. The Balaban J connectivity index is 1.98. The van der Waals surface area contributed by atoms with Gasteiger partial charge in [-0.05, 0) is 105 Å². The van der Waals surface area contributed by atoms with Crippen molar-refractivity contribution >= 4 is 23.5 Å². The summed E-state index contributed by atoms with van der Waals surface area (Å²) in [7, 11) is 0. The van der Waals surface area contributed by atoms with E-state index in [4.69, 9.17) is 26.6 Å². The monoisotopic (exact) mass is 505 g/mol. The maximum Gasteiger partial charge on any atom is 0.232 e. The van der Waals surface area contributed by atoms with Crippen LogP contribution in [0, 0.1) is 11.8 Å². The summed E-state index contributed by atoms with van der Waals surface area (Å²) in [6.45, 7) is 23.3. The highest BCUT2D eigenvalue weighted by Gasteiger charge is 2.49. The first-order valence-corrected chi connectivity index (χ1v) is 14.5. The lowest BCUT2D eigenvalue weighted by molar-refractivity contribution is 0.163. The summed E-state index contributed by atoms with van der Waals surface area (Å²) in [4.78, 5) is 19.5. The Morgan fingerprint density at radius 1 is 0.629 bits per heavy atom. The van der Waals surface area contributed by atoms with Crippen LogP contribution in [0.4, 0.5) is 11.9 Å². The van der Waals surface area contributed by atoms with Crippen LogP contribution in [-0.4, -0.2) is 37.1 Å². The van der Waals surface area contributed by atoms with Crippen molar-refractivity contribution in [3.05, 3.63) is 5.28 Å². The molecule has 0 aromatic carbocycles. The molecule has 0 N–H and O–H groups in total. The molecule has 0 spiro atoms. The number of hydrogen-bond donors (Lipinski definition) is 0. The summed E-state index contributed by atoms with van der Waals surface area (Å²) in [6.07, 6.45) is 12.3. The molecule has 35 heavy (non-hydrogen) atoms. The van der Waals surface area contributed by atoms with E-state index in [0.29, 0.717) is 5.28 Å². The van der Waals surface area contributed by atoms with E-state index >= 15 is 0 Å². The molecule has 3 heterocycles. The zero-order chi connectivity index (χ0) is 26.2. The molecular formula is C29H52ClN5. The summed E-state index contributed by atoms with van der Waals surface area (Å²) in [6, 6.07) is 0. The quantitative estimate of drug-likeness (QED) is 0.354. The Bertz CT molecular complexity index is 760. The van der Waals surface area contributed by atoms with E-state index in [0.717, 1.165) is 49.4 Å². The lowest BCUT2D eigenvalue weighted by atomic mass is 9.72. The molecule has 0 unspecified atom stereocenters. The van der Waals surface area contributed by atoms with Gasteiger partial charge in [-0.2, -0.15) is 15.0 Å². The Morgan fingerprint density at radius 2 is 0.943 bits per heavy atom. The molecule has 0 atom stereocenters. The van der Waals surface area contributed by atoms with E-state index in [-0.39, 0.29) is 22.2 Å². The summed E-state index contributed by atoms with van der Waals surface area (Å²) >= 11 is 6.64. The summed E-state index contributed by atoms with van der Waals surface area (Å²) in [5.74, 6) is 2.91. The van der Waals surface area contributed by atoms with Gasteiger partial charge in [0.05, 0.1) is 0 Å². The SMILES string of the molecule is CCCCC1CC(C)(C)N(c2nc(Cl)nc(N3C(C)(C)CC(CCCC)CC3(C)C)n2)C(C)(C)C1. The second-order valence-corrected chi connectivity index (χ2v) is 14.3. The van der Waals surface area contributed by atoms with Gasteiger partial charge in [-0.1, -0.05) is 52.4 Å². The van der Waals surface area contributed by atoms with E-state index < -0.39 is 0 Å². The van der Waals surface area contributed by atoms with Gasteiger partial charge in [0.25, 0.3) is 0 Å². The molecule has 0 saturated carbocycles. The van der Waals surface area contributed by atoms with Crippen molar-refractivity contribution in [3.8, 4) is 0 Å². The third-order valence-electron chi connectivity index (χ3n) is 8.49. The van der Waals surface area contributed by atoms with Gasteiger partial charge in [-0.15, -0.1) is 0 Å². The average molecular weight is 506 g/mol. The number of unbranched alkanes of at least 4 members (excludes halogenated alkanes) is 2. The molecule has 2 saturated heterocycles. The van der Waals surface area contributed by atoms with Gasteiger partial charge in [-0.3, -0.25) is 0 Å². The molecule has 1 aromatic heterocycles. The van der Waals surface area contributed by atoms with Crippen LogP contribution in [0.2, 0.25) is 5.28 Å². The van der Waals surface area contributed by atoms with Gasteiger partial charge in [0, 0.05) is 22.2 Å². The largest absolute Gasteiger partial charge is 0.330 e. The Kier molecular flexibility index (Phi) is 8.41. The molecule has 0 bridgehead atoms. The van der Waals surface area contributed by atoms with E-state index in [1.807, 2.05) is 0 Å². The zero-order valence-corrected chi connectivity index (χ0v) is 25.1. The van der Waals surface area contributed by atoms with Crippen LogP contribution in [0.1, 0.15) is 133 Å². The van der Waals surface area contributed by atoms with Crippen molar-refractivity contribution < 1.29 is 0 Å². The lowest BCUT2D eigenvalue weighted by Gasteiger charge is -2.57. The number of aromatic nitrogens is 3. The van der Waals surface area contributed by atoms with Crippen LogP contribution in [-0.2, 0) is 0 Å². The molecule has 5 nitrogen and oxygen atoms in total. The lowest BCUT2D eigenvalue weighted by Crippen LogP contribution is -2.63. The fraction of sp³-hybridized carbons (Fsp3) is 0.897. The van der Waals surface area contributed by atoms with Crippen molar-refractivity contribution in [2.45, 2.75) is 156 Å². The predicted octanol–water partition coefficient (Wildman–Crippen LogP) is 8.45. The molecule has 0 aliphatic carbocycles. The minimum atomic E-state index is -0.0553. The molecule has 1 aromatic rings. The number of anilines is 2. The minimum Gasteiger partial charge on any atom is -0.330 e. The van der Waals surface area contributed by atoms with Crippen molar-refractivity contribution in [1.82, 2.24) is 15.0 Å². The second kappa shape index (κ2) is 10.3. The molecule has 2 fully saturated rings. The maximum atomic E-state index is 6.64. The van der Waals surface area contributed by atoms with Crippen LogP contribution in [0.5, 0.6) is 0 Å². The topological polar surface area (TPSA) is 45.2 Å². The second-order valence-electron chi connectivity index (χ2n) is 14.0. The van der Waals surface area contributed by atoms with E-state index in [1.165, 1.54) is 38.5 Å². The van der Waals surface area contributed by atoms with E-state index in [2.05, 4.69) is 79.0 Å². The third kappa shape index (κ3) is 6.25. The smallest absolute Gasteiger partial charge is 0.232 e. The molecule has 200 valence electrons. The Hall–Kier alpha value is -1.10. The van der Waals surface area contributed by atoms with Gasteiger partial charge in [0.1, 0.15) is 0 Å². The number of piperidine rings is 2. The van der Waals surface area contributed by atoms with E-state index in [9.17, 15) is 0 Å². The van der Waals surface area contributed by atoms with Crippen LogP contribution in [0.3, 0.4) is 0 Å². The number of hydrogen-bond acceptors (Lipinski definition) is 5. The van der Waals surface area contributed by atoms with Crippen LogP contribution in [0.25, 0.3) is 0 Å². The normalized spacial score (nSPS) is 24.1. The fourth-order valence-corrected chi connectivity index (χ4v) is 8.13. The summed E-state index contributed by atoms with van der Waals surface area (Å²) < 4.78 is 0. The number of nitrogens with zero attached hydrogens (tertiary/aromatic N) is 5.